The molecule has 1 nitrogen and oxygen atoms in total. The molecule has 2 aliphatic carbocycles. The van der Waals surface area contributed by atoms with E-state index in [0.29, 0.717) is 0 Å². The summed E-state index contributed by atoms with van der Waals surface area (Å²) in [5.41, 5.74) is 6.00. The summed E-state index contributed by atoms with van der Waals surface area (Å²) in [7, 11) is 2.25. The Hall–Kier alpha value is -0.640. The van der Waals surface area contributed by atoms with Gasteiger partial charge in [-0.15, -0.1) is 0 Å². The highest BCUT2D eigenvalue weighted by molar-refractivity contribution is 9.10. The second kappa shape index (κ2) is 8.00. The number of hydrogen-bond acceptors (Lipinski definition) is 1. The van der Waals surface area contributed by atoms with Gasteiger partial charge in [-0.05, 0) is 80.8 Å². The Bertz CT molecular complexity index is 778. The molecule has 0 amide bonds. The molecule has 0 aromatic heterocycles. The van der Waals surface area contributed by atoms with Gasteiger partial charge in [0.15, 0.2) is 0 Å². The van der Waals surface area contributed by atoms with Crippen LogP contribution in [0.3, 0.4) is 0 Å². The number of rotatable bonds is 9. The Labute approximate surface area is 180 Å². The van der Waals surface area contributed by atoms with Gasteiger partial charge in [-0.2, -0.15) is 0 Å². The Morgan fingerprint density at radius 2 is 1.44 bits per heavy atom. The lowest BCUT2D eigenvalue weighted by Gasteiger charge is -2.20. The third kappa shape index (κ3) is 4.86. The summed E-state index contributed by atoms with van der Waals surface area (Å²) >= 11 is 7.98. The number of nitrogens with zero attached hydrogens (tertiary/aromatic N) is 1. The molecule has 2 aromatic rings. The van der Waals surface area contributed by atoms with E-state index in [1.165, 1.54) is 55.2 Å². The fraction of sp³-hybridized carbons (Fsp3) is 0.500. The molecule has 144 valence electrons. The molecule has 0 atom stereocenters. The van der Waals surface area contributed by atoms with Crippen molar-refractivity contribution in [3.63, 3.8) is 0 Å². The first-order valence-corrected chi connectivity index (χ1v) is 11.8. The Morgan fingerprint density at radius 3 is 2.11 bits per heavy atom. The summed E-state index contributed by atoms with van der Waals surface area (Å²) in [6.45, 7) is 2.29. The minimum Gasteiger partial charge on any atom is -0.306 e. The monoisotopic (exact) mass is 489 g/mol. The lowest BCUT2D eigenvalue weighted by Crippen LogP contribution is -2.22. The minimum absolute atomic E-state index is 0.258. The summed E-state index contributed by atoms with van der Waals surface area (Å²) in [6, 6.07) is 18.0. The van der Waals surface area contributed by atoms with Crippen molar-refractivity contribution in [2.45, 2.75) is 53.6 Å². The summed E-state index contributed by atoms with van der Waals surface area (Å²) in [6.07, 6.45) is 8.61. The third-order valence-electron chi connectivity index (χ3n) is 6.06. The summed E-state index contributed by atoms with van der Waals surface area (Å²) < 4.78 is 0.524. The zero-order valence-corrected chi connectivity index (χ0v) is 19.4. The van der Waals surface area contributed by atoms with Crippen molar-refractivity contribution in [2.24, 2.45) is 0 Å². The predicted molar refractivity (Wildman–Crippen MR) is 122 cm³/mol. The van der Waals surface area contributed by atoms with Crippen LogP contribution >= 0.6 is 31.9 Å². The van der Waals surface area contributed by atoms with Gasteiger partial charge < -0.3 is 4.90 Å². The van der Waals surface area contributed by atoms with Gasteiger partial charge in [0.1, 0.15) is 0 Å². The zero-order chi connectivity index (χ0) is 18.9. The SMILES string of the molecule is CN(CCCc1ccc(C2(Br)CC2)c(C2(Br)CC2)c1)CCc1ccccc1. The predicted octanol–water partition coefficient (Wildman–Crippen LogP) is 6.56. The van der Waals surface area contributed by atoms with Gasteiger partial charge in [0.05, 0.1) is 8.65 Å². The molecule has 2 fully saturated rings. The fourth-order valence-electron chi connectivity index (χ4n) is 3.90. The van der Waals surface area contributed by atoms with Gasteiger partial charge in [-0.1, -0.05) is 80.4 Å². The second-order valence-corrected chi connectivity index (χ2v) is 11.5. The Balaban J connectivity index is 1.31. The van der Waals surface area contributed by atoms with Crippen LogP contribution in [0.15, 0.2) is 48.5 Å². The highest BCUT2D eigenvalue weighted by Gasteiger charge is 2.49. The van der Waals surface area contributed by atoms with E-state index in [4.69, 9.17) is 0 Å². The van der Waals surface area contributed by atoms with Crippen LogP contribution in [0.4, 0.5) is 0 Å². The Morgan fingerprint density at radius 1 is 0.778 bits per heavy atom. The van der Waals surface area contributed by atoms with Crippen molar-refractivity contribution in [1.82, 2.24) is 4.90 Å². The van der Waals surface area contributed by atoms with E-state index in [1.807, 2.05) is 0 Å². The molecular weight excluding hydrogens is 462 g/mol. The zero-order valence-electron chi connectivity index (χ0n) is 16.2. The molecule has 0 bridgehead atoms. The van der Waals surface area contributed by atoms with Crippen LogP contribution < -0.4 is 0 Å². The summed E-state index contributed by atoms with van der Waals surface area (Å²) in [4.78, 5) is 2.47. The van der Waals surface area contributed by atoms with Crippen molar-refractivity contribution in [2.75, 3.05) is 20.1 Å². The van der Waals surface area contributed by atoms with E-state index in [1.54, 1.807) is 5.56 Å². The maximum atomic E-state index is 4.01. The second-order valence-electron chi connectivity index (χ2n) is 8.45. The van der Waals surface area contributed by atoms with E-state index in [9.17, 15) is 0 Å². The molecule has 0 unspecified atom stereocenters. The normalized spacial score (nSPS) is 19.3. The van der Waals surface area contributed by atoms with Crippen LogP contribution in [-0.2, 0) is 21.5 Å². The minimum atomic E-state index is 0.258. The summed E-state index contributed by atoms with van der Waals surface area (Å²) in [5.74, 6) is 0. The average Bonchev–Trinajstić information content (AvgIpc) is 3.60. The van der Waals surface area contributed by atoms with Crippen LogP contribution in [0.5, 0.6) is 0 Å². The smallest absolute Gasteiger partial charge is 0.0510 e. The van der Waals surface area contributed by atoms with Crippen LogP contribution in [0, 0.1) is 0 Å². The highest BCUT2D eigenvalue weighted by Crippen LogP contribution is 2.61. The van der Waals surface area contributed by atoms with Crippen LogP contribution in [0.1, 0.15) is 54.4 Å². The highest BCUT2D eigenvalue weighted by atomic mass is 79.9. The summed E-state index contributed by atoms with van der Waals surface area (Å²) in [5, 5.41) is 0. The molecule has 0 spiro atoms. The molecule has 0 N–H and O–H groups in total. The average molecular weight is 491 g/mol. The molecule has 2 aromatic carbocycles. The molecule has 0 aliphatic heterocycles. The number of likely N-dealkylation sites (N-methyl/N-ethyl adjacent to an activating group) is 1. The third-order valence-corrected chi connectivity index (χ3v) is 8.50. The van der Waals surface area contributed by atoms with Crippen LogP contribution in [0.25, 0.3) is 0 Å². The van der Waals surface area contributed by atoms with Gasteiger partial charge in [0.2, 0.25) is 0 Å². The van der Waals surface area contributed by atoms with E-state index < -0.39 is 0 Å². The fourth-order valence-corrected chi connectivity index (χ4v) is 4.97. The van der Waals surface area contributed by atoms with E-state index in [2.05, 4.69) is 92.3 Å². The molecule has 4 rings (SSSR count). The first kappa shape index (κ1) is 19.7. The van der Waals surface area contributed by atoms with Gasteiger partial charge in [0, 0.05) is 6.54 Å². The van der Waals surface area contributed by atoms with Crippen molar-refractivity contribution < 1.29 is 0 Å². The van der Waals surface area contributed by atoms with Crippen molar-refractivity contribution >= 4 is 31.9 Å². The maximum Gasteiger partial charge on any atom is 0.0510 e. The van der Waals surface area contributed by atoms with Gasteiger partial charge in [-0.25, -0.2) is 0 Å². The molecule has 0 radical (unpaired) electrons. The Kier molecular flexibility index (Phi) is 5.83. The van der Waals surface area contributed by atoms with Gasteiger partial charge >= 0.3 is 0 Å². The standard InChI is InChI=1S/C24H29Br2N/c1-27(17-11-19-6-3-2-4-7-19)16-5-8-20-9-10-21(23(25)12-13-23)22(18-20)24(26)14-15-24/h2-4,6-7,9-10,18H,5,8,11-17H2,1H3. The molecule has 0 saturated heterocycles. The van der Waals surface area contributed by atoms with Crippen LogP contribution in [-0.4, -0.2) is 25.0 Å². The van der Waals surface area contributed by atoms with E-state index >= 15 is 0 Å². The first-order chi connectivity index (χ1) is 13.0. The number of aryl methyl sites for hydroxylation is 1. The van der Waals surface area contributed by atoms with Crippen LogP contribution in [0.2, 0.25) is 0 Å². The number of benzene rings is 2. The van der Waals surface area contributed by atoms with Gasteiger partial charge in [-0.3, -0.25) is 0 Å². The van der Waals surface area contributed by atoms with E-state index in [0.717, 1.165) is 19.5 Å². The molecule has 27 heavy (non-hydrogen) atoms. The number of hydrogen-bond donors (Lipinski definition) is 0. The van der Waals surface area contributed by atoms with Crippen molar-refractivity contribution in [3.8, 4) is 0 Å². The molecule has 3 heteroatoms. The van der Waals surface area contributed by atoms with Crippen molar-refractivity contribution in [3.05, 3.63) is 70.8 Å². The first-order valence-electron chi connectivity index (χ1n) is 10.2. The maximum absolute atomic E-state index is 4.01. The molecular formula is C24H29Br2N. The largest absolute Gasteiger partial charge is 0.306 e. The quantitative estimate of drug-likeness (QED) is 0.359. The topological polar surface area (TPSA) is 3.24 Å². The van der Waals surface area contributed by atoms with E-state index in [-0.39, 0.29) is 8.65 Å². The number of alkyl halides is 2. The van der Waals surface area contributed by atoms with Gasteiger partial charge in [0.25, 0.3) is 0 Å². The number of halogens is 2. The molecule has 2 saturated carbocycles. The lowest BCUT2D eigenvalue weighted by molar-refractivity contribution is 0.333. The molecule has 0 heterocycles. The lowest BCUT2D eigenvalue weighted by atomic mass is 9.95. The van der Waals surface area contributed by atoms with Crippen molar-refractivity contribution in [1.29, 1.82) is 0 Å². The molecule has 2 aliphatic rings.